The first-order valence-corrected chi connectivity index (χ1v) is 7.76. The molecule has 10 heavy (non-hydrogen) atoms. The molecule has 0 fully saturated rings. The van der Waals surface area contributed by atoms with E-state index in [1.807, 2.05) is 0 Å². The third-order valence-corrected chi connectivity index (χ3v) is 3.58. The average molecular weight is 244 g/mol. The van der Waals surface area contributed by atoms with E-state index in [2.05, 4.69) is 26.7 Å². The molecule has 0 saturated carbocycles. The molecule has 0 aliphatic rings. The molecule has 0 spiro atoms. The molecule has 0 nitrogen and oxygen atoms in total. The van der Waals surface area contributed by atoms with Crippen molar-refractivity contribution in [1.82, 2.24) is 0 Å². The van der Waals surface area contributed by atoms with E-state index in [1.54, 1.807) is 0 Å². The Hall–Kier alpha value is 1.64. The number of rotatable bonds is 3. The molecule has 0 aliphatic carbocycles. The van der Waals surface area contributed by atoms with E-state index >= 15 is 0 Å². The largest absolute Gasteiger partial charge is 2.00 e. The quantitative estimate of drug-likeness (QED) is 0.462. The van der Waals surface area contributed by atoms with Gasteiger partial charge in [0.2, 0.25) is 0 Å². The fraction of sp³-hybridized carbons (Fsp3) is 1.00. The zero-order valence-electron chi connectivity index (χ0n) is 7.00. The molecule has 0 aliphatic heterocycles. The standard InChI is InChI=1S/C6H16P2.ClH.Ni/c1-7(2)5-6-8(3)4;;/h5-6H2,1-4H3;1H;/q;;+2/p-1. The van der Waals surface area contributed by atoms with Gasteiger partial charge in [-0.3, -0.25) is 0 Å². The van der Waals surface area contributed by atoms with Crippen LogP contribution in [0.3, 0.4) is 0 Å². The summed E-state index contributed by atoms with van der Waals surface area (Å²) in [7, 11) is 0.766. The van der Waals surface area contributed by atoms with Gasteiger partial charge < -0.3 is 12.4 Å². The van der Waals surface area contributed by atoms with Crippen LogP contribution in [0.5, 0.6) is 0 Å². The molecular weight excluding hydrogens is 228 g/mol. The van der Waals surface area contributed by atoms with Crippen LogP contribution >= 0.6 is 15.8 Å². The van der Waals surface area contributed by atoms with Gasteiger partial charge in [0, 0.05) is 0 Å². The van der Waals surface area contributed by atoms with E-state index in [4.69, 9.17) is 0 Å². The summed E-state index contributed by atoms with van der Waals surface area (Å²) in [4.78, 5) is 0. The molecule has 0 aromatic carbocycles. The van der Waals surface area contributed by atoms with E-state index in [-0.39, 0.29) is 28.9 Å². The van der Waals surface area contributed by atoms with Gasteiger partial charge >= 0.3 is 16.5 Å². The second kappa shape index (κ2) is 10.6. The molecular formula is C6H16ClNiP2+. The Morgan fingerprint density at radius 1 is 0.800 bits per heavy atom. The Balaban J connectivity index is -0.000000245. The van der Waals surface area contributed by atoms with E-state index in [1.165, 1.54) is 12.3 Å². The second-order valence-electron chi connectivity index (χ2n) is 2.61. The summed E-state index contributed by atoms with van der Waals surface area (Å²) < 4.78 is 0. The van der Waals surface area contributed by atoms with Crippen molar-refractivity contribution in [3.8, 4) is 0 Å². The van der Waals surface area contributed by atoms with Gasteiger partial charge in [-0.1, -0.05) is 0 Å². The first-order valence-electron chi connectivity index (χ1n) is 2.92. The van der Waals surface area contributed by atoms with Gasteiger partial charge in [-0.05, 0) is 39.0 Å². The minimum absolute atomic E-state index is 0. The second-order valence-corrected chi connectivity index (χ2v) is 7.82. The molecule has 0 heterocycles. The Morgan fingerprint density at radius 2 is 1.00 bits per heavy atom. The summed E-state index contributed by atoms with van der Waals surface area (Å²) in [5, 5.41) is 0. The maximum atomic E-state index is 2.36. The van der Waals surface area contributed by atoms with Gasteiger partial charge in [-0.2, -0.15) is 0 Å². The van der Waals surface area contributed by atoms with Gasteiger partial charge in [-0.15, -0.1) is 15.8 Å². The molecule has 0 rings (SSSR count). The summed E-state index contributed by atoms with van der Waals surface area (Å²) >= 11 is 0. The molecule has 0 atom stereocenters. The van der Waals surface area contributed by atoms with Crippen LogP contribution in [-0.2, 0) is 16.5 Å². The molecule has 0 aromatic heterocycles. The summed E-state index contributed by atoms with van der Waals surface area (Å²) in [5.74, 6) is 0. The van der Waals surface area contributed by atoms with Crippen molar-refractivity contribution in [3.05, 3.63) is 0 Å². The maximum Gasteiger partial charge on any atom is 2.00 e. The van der Waals surface area contributed by atoms with Crippen LogP contribution in [0.2, 0.25) is 0 Å². The third-order valence-electron chi connectivity index (χ3n) is 0.994. The van der Waals surface area contributed by atoms with Gasteiger partial charge in [0.05, 0.1) is 0 Å². The van der Waals surface area contributed by atoms with E-state index in [9.17, 15) is 0 Å². The molecule has 66 valence electrons. The molecule has 4 heteroatoms. The molecule has 0 aromatic rings. The van der Waals surface area contributed by atoms with Crippen LogP contribution in [0.15, 0.2) is 0 Å². The van der Waals surface area contributed by atoms with Crippen LogP contribution in [-0.4, -0.2) is 39.0 Å². The van der Waals surface area contributed by atoms with Crippen LogP contribution in [0.25, 0.3) is 0 Å². The number of hydrogen-bond acceptors (Lipinski definition) is 0. The zero-order valence-corrected chi connectivity index (χ0v) is 10.5. The number of halogens is 1. The molecule has 0 radical (unpaired) electrons. The molecule has 0 bridgehead atoms. The number of hydrogen-bond donors (Lipinski definition) is 0. The predicted octanol–water partition coefficient (Wildman–Crippen LogP) is -0.529. The van der Waals surface area contributed by atoms with E-state index in [0.717, 1.165) is 0 Å². The Bertz CT molecular complexity index is 51.7. The fourth-order valence-corrected chi connectivity index (χ4v) is 3.60. The summed E-state index contributed by atoms with van der Waals surface area (Å²) in [6.07, 6.45) is 2.96. The van der Waals surface area contributed by atoms with Crippen molar-refractivity contribution in [3.63, 3.8) is 0 Å². The first-order chi connectivity index (χ1) is 3.63. The van der Waals surface area contributed by atoms with Gasteiger partial charge in [0.25, 0.3) is 0 Å². The first kappa shape index (κ1) is 17.7. The average Bonchev–Trinajstić information content (AvgIpc) is 1.61. The van der Waals surface area contributed by atoms with Crippen molar-refractivity contribution < 1.29 is 28.9 Å². The topological polar surface area (TPSA) is 0 Å². The SMILES string of the molecule is CP(C)CCP(C)C.[Cl-].[Ni+2]. The summed E-state index contributed by atoms with van der Waals surface area (Å²) in [6, 6.07) is 0. The normalized spacial score (nSPS) is 9.00. The molecule has 0 unspecified atom stereocenters. The molecule has 0 amide bonds. The van der Waals surface area contributed by atoms with Crippen LogP contribution < -0.4 is 12.4 Å². The van der Waals surface area contributed by atoms with Crippen LogP contribution in [0.1, 0.15) is 0 Å². The maximum absolute atomic E-state index is 2.36. The molecule has 0 N–H and O–H groups in total. The van der Waals surface area contributed by atoms with Crippen molar-refractivity contribution in [2.75, 3.05) is 39.0 Å². The third kappa shape index (κ3) is 16.3. The fourth-order valence-electron chi connectivity index (χ4n) is 0.400. The van der Waals surface area contributed by atoms with Crippen LogP contribution in [0.4, 0.5) is 0 Å². The zero-order chi connectivity index (χ0) is 6.57. The van der Waals surface area contributed by atoms with E-state index in [0.29, 0.717) is 15.8 Å². The van der Waals surface area contributed by atoms with Crippen molar-refractivity contribution >= 4 is 15.8 Å². The van der Waals surface area contributed by atoms with Crippen LogP contribution in [0, 0.1) is 0 Å². The molecule has 0 saturated heterocycles. The van der Waals surface area contributed by atoms with Gasteiger partial charge in [0.15, 0.2) is 0 Å². The minimum atomic E-state index is 0. The van der Waals surface area contributed by atoms with Gasteiger partial charge in [0.1, 0.15) is 0 Å². The summed E-state index contributed by atoms with van der Waals surface area (Å²) in [5.41, 5.74) is 0. The summed E-state index contributed by atoms with van der Waals surface area (Å²) in [6.45, 7) is 9.42. The van der Waals surface area contributed by atoms with Gasteiger partial charge in [-0.25, -0.2) is 0 Å². The van der Waals surface area contributed by atoms with Crippen molar-refractivity contribution in [2.45, 2.75) is 0 Å². The Morgan fingerprint density at radius 3 is 1.10 bits per heavy atom. The Kier molecular flexibility index (Phi) is 18.8. The Labute approximate surface area is 83.8 Å². The van der Waals surface area contributed by atoms with Crippen molar-refractivity contribution in [1.29, 1.82) is 0 Å². The monoisotopic (exact) mass is 243 g/mol. The predicted molar refractivity (Wildman–Crippen MR) is 47.3 cm³/mol. The minimum Gasteiger partial charge on any atom is -1.00 e. The smallest absolute Gasteiger partial charge is 1.00 e. The van der Waals surface area contributed by atoms with Crippen molar-refractivity contribution in [2.24, 2.45) is 0 Å². The van der Waals surface area contributed by atoms with E-state index < -0.39 is 0 Å².